The second-order valence-electron chi connectivity index (χ2n) is 6.17. The zero-order valence-electron chi connectivity index (χ0n) is 14.0. The lowest BCUT2D eigenvalue weighted by atomic mass is 10.2. The summed E-state index contributed by atoms with van der Waals surface area (Å²) in [6.07, 6.45) is 1.67. The van der Waals surface area contributed by atoms with Crippen molar-refractivity contribution >= 4 is 38.9 Å². The van der Waals surface area contributed by atoms with Gasteiger partial charge < -0.3 is 5.32 Å². The first-order chi connectivity index (χ1) is 11.8. The lowest BCUT2D eigenvalue weighted by Gasteiger charge is -2.25. The molecule has 1 N–H and O–H groups in total. The zero-order chi connectivity index (χ0) is 18.2. The Morgan fingerprint density at radius 3 is 2.32 bits per heavy atom. The van der Waals surface area contributed by atoms with Crippen molar-refractivity contribution < 1.29 is 13.2 Å². The van der Waals surface area contributed by atoms with Crippen LogP contribution in [0.5, 0.6) is 0 Å². The Hall–Kier alpha value is -2.05. The summed E-state index contributed by atoms with van der Waals surface area (Å²) in [6, 6.07) is 11.5. The van der Waals surface area contributed by atoms with E-state index in [4.69, 9.17) is 11.6 Å². The molecule has 0 atom stereocenters. The number of amides is 1. The maximum Gasteiger partial charge on any atom is 0.264 e. The summed E-state index contributed by atoms with van der Waals surface area (Å²) in [7, 11) is -3.68. The number of nitrogens with one attached hydrogen (secondary N) is 1. The van der Waals surface area contributed by atoms with E-state index in [9.17, 15) is 13.2 Å². The Bertz CT molecular complexity index is 906. The number of anilines is 2. The predicted molar refractivity (Wildman–Crippen MR) is 99.6 cm³/mol. The van der Waals surface area contributed by atoms with Crippen LogP contribution in [0.2, 0.25) is 5.02 Å². The van der Waals surface area contributed by atoms with Crippen molar-refractivity contribution in [3.05, 3.63) is 53.1 Å². The SMILES string of the molecule is CC(=O)Nc1ccc(N(C2CC2)S(=O)(=O)c2ccc(Cl)c(C)c2)cc1. The first-order valence-electron chi connectivity index (χ1n) is 7.97. The number of nitrogens with zero attached hydrogens (tertiary/aromatic N) is 1. The van der Waals surface area contributed by atoms with Gasteiger partial charge in [0.1, 0.15) is 0 Å². The minimum Gasteiger partial charge on any atom is -0.326 e. The van der Waals surface area contributed by atoms with Gasteiger partial charge in [-0.1, -0.05) is 11.6 Å². The van der Waals surface area contributed by atoms with Crippen LogP contribution >= 0.6 is 11.6 Å². The van der Waals surface area contributed by atoms with Crippen LogP contribution in [0, 0.1) is 6.92 Å². The number of rotatable bonds is 5. The highest BCUT2D eigenvalue weighted by molar-refractivity contribution is 7.92. The molecule has 5 nitrogen and oxygen atoms in total. The third kappa shape index (κ3) is 3.80. The van der Waals surface area contributed by atoms with Gasteiger partial charge in [-0.05, 0) is 67.8 Å². The molecule has 3 rings (SSSR count). The summed E-state index contributed by atoms with van der Waals surface area (Å²) in [5.74, 6) is -0.170. The molecule has 25 heavy (non-hydrogen) atoms. The molecule has 1 aliphatic rings. The Kier molecular flexibility index (Phi) is 4.75. The van der Waals surface area contributed by atoms with Gasteiger partial charge in [0.25, 0.3) is 10.0 Å². The second kappa shape index (κ2) is 6.69. The van der Waals surface area contributed by atoms with E-state index < -0.39 is 10.0 Å². The maximum atomic E-state index is 13.2. The Morgan fingerprint density at radius 2 is 1.80 bits per heavy atom. The van der Waals surface area contributed by atoms with Gasteiger partial charge in [-0.3, -0.25) is 9.10 Å². The quantitative estimate of drug-likeness (QED) is 0.856. The maximum absolute atomic E-state index is 13.2. The molecule has 1 amide bonds. The van der Waals surface area contributed by atoms with Gasteiger partial charge >= 0.3 is 0 Å². The van der Waals surface area contributed by atoms with Crippen LogP contribution in [0.1, 0.15) is 25.3 Å². The van der Waals surface area contributed by atoms with E-state index >= 15 is 0 Å². The van der Waals surface area contributed by atoms with Gasteiger partial charge in [0, 0.05) is 23.7 Å². The summed E-state index contributed by atoms with van der Waals surface area (Å²) in [4.78, 5) is 11.4. The number of halogens is 1. The van der Waals surface area contributed by atoms with Gasteiger partial charge in [0.05, 0.1) is 10.6 Å². The smallest absolute Gasteiger partial charge is 0.264 e. The molecule has 0 aromatic heterocycles. The molecule has 1 fully saturated rings. The van der Waals surface area contributed by atoms with Crippen LogP contribution < -0.4 is 9.62 Å². The molecular weight excluding hydrogens is 360 g/mol. The van der Waals surface area contributed by atoms with Crippen LogP contribution in [-0.2, 0) is 14.8 Å². The third-order valence-corrected chi connectivity index (χ3v) is 6.31. The number of hydrogen-bond acceptors (Lipinski definition) is 3. The van der Waals surface area contributed by atoms with Gasteiger partial charge in [0.15, 0.2) is 0 Å². The Labute approximate surface area is 152 Å². The highest BCUT2D eigenvalue weighted by atomic mass is 35.5. The van der Waals surface area contributed by atoms with Crippen molar-refractivity contribution in [1.82, 2.24) is 0 Å². The van der Waals surface area contributed by atoms with E-state index in [2.05, 4.69) is 5.32 Å². The van der Waals surface area contributed by atoms with Crippen LogP contribution in [0.3, 0.4) is 0 Å². The van der Waals surface area contributed by atoms with E-state index in [-0.39, 0.29) is 16.8 Å². The van der Waals surface area contributed by atoms with Gasteiger partial charge in [0.2, 0.25) is 5.91 Å². The van der Waals surface area contributed by atoms with Crippen LogP contribution in [0.15, 0.2) is 47.4 Å². The van der Waals surface area contributed by atoms with E-state index in [0.717, 1.165) is 18.4 Å². The van der Waals surface area contributed by atoms with Crippen molar-refractivity contribution in [2.75, 3.05) is 9.62 Å². The van der Waals surface area contributed by atoms with Gasteiger partial charge in [-0.25, -0.2) is 8.42 Å². The van der Waals surface area contributed by atoms with Crippen molar-refractivity contribution in [3.63, 3.8) is 0 Å². The molecule has 7 heteroatoms. The minimum atomic E-state index is -3.68. The van der Waals surface area contributed by atoms with E-state index in [1.54, 1.807) is 43.3 Å². The standard InChI is InChI=1S/C18H19ClN2O3S/c1-12-11-17(9-10-18(12)19)25(23,24)21(16-7-8-16)15-5-3-14(4-6-15)20-13(2)22/h3-6,9-11,16H,7-8H2,1-2H3,(H,20,22). The predicted octanol–water partition coefficient (Wildman–Crippen LogP) is 3.96. The molecule has 0 bridgehead atoms. The summed E-state index contributed by atoms with van der Waals surface area (Å²) in [5.41, 5.74) is 1.94. The molecule has 2 aromatic carbocycles. The summed E-state index contributed by atoms with van der Waals surface area (Å²) >= 11 is 6.02. The number of hydrogen-bond donors (Lipinski definition) is 1. The van der Waals surface area contributed by atoms with Crippen LogP contribution in [0.25, 0.3) is 0 Å². The van der Waals surface area contributed by atoms with E-state index in [1.807, 2.05) is 0 Å². The van der Waals surface area contributed by atoms with Crippen LogP contribution in [0.4, 0.5) is 11.4 Å². The highest BCUT2D eigenvalue weighted by Gasteiger charge is 2.38. The number of carbonyl (C=O) groups excluding carboxylic acids is 1. The van der Waals surface area contributed by atoms with Crippen molar-refractivity contribution in [3.8, 4) is 0 Å². The number of carbonyl (C=O) groups is 1. The molecule has 2 aromatic rings. The van der Waals surface area contributed by atoms with Crippen molar-refractivity contribution in [1.29, 1.82) is 0 Å². The average molecular weight is 379 g/mol. The normalized spacial score (nSPS) is 14.2. The fourth-order valence-electron chi connectivity index (χ4n) is 2.64. The van der Waals surface area contributed by atoms with E-state index in [1.165, 1.54) is 17.3 Å². The molecule has 0 aliphatic heterocycles. The van der Waals surface area contributed by atoms with Gasteiger partial charge in [-0.2, -0.15) is 0 Å². The molecule has 0 heterocycles. The van der Waals surface area contributed by atoms with Crippen molar-refractivity contribution in [2.24, 2.45) is 0 Å². The number of sulfonamides is 1. The minimum absolute atomic E-state index is 0.0346. The summed E-state index contributed by atoms with van der Waals surface area (Å²) in [6.45, 7) is 3.21. The molecule has 0 saturated heterocycles. The van der Waals surface area contributed by atoms with Gasteiger partial charge in [-0.15, -0.1) is 0 Å². The highest BCUT2D eigenvalue weighted by Crippen LogP contribution is 2.37. The zero-order valence-corrected chi connectivity index (χ0v) is 15.6. The lowest BCUT2D eigenvalue weighted by molar-refractivity contribution is -0.114. The molecular formula is C18H19ClN2O3S. The van der Waals surface area contributed by atoms with E-state index in [0.29, 0.717) is 16.4 Å². The van der Waals surface area contributed by atoms with Crippen LogP contribution in [-0.4, -0.2) is 20.4 Å². The summed E-state index contributed by atoms with van der Waals surface area (Å²) in [5, 5.41) is 3.22. The Morgan fingerprint density at radius 1 is 1.16 bits per heavy atom. The monoisotopic (exact) mass is 378 g/mol. The second-order valence-corrected chi connectivity index (χ2v) is 8.39. The molecule has 1 aliphatic carbocycles. The fourth-order valence-corrected chi connectivity index (χ4v) is 4.55. The number of aryl methyl sites for hydroxylation is 1. The fraction of sp³-hybridized carbons (Fsp3) is 0.278. The largest absolute Gasteiger partial charge is 0.326 e. The Balaban J connectivity index is 1.98. The number of benzene rings is 2. The molecule has 0 radical (unpaired) electrons. The third-order valence-electron chi connectivity index (χ3n) is 4.01. The molecule has 0 unspecified atom stereocenters. The first-order valence-corrected chi connectivity index (χ1v) is 9.79. The molecule has 132 valence electrons. The van der Waals surface area contributed by atoms with Crippen molar-refractivity contribution in [2.45, 2.75) is 37.6 Å². The topological polar surface area (TPSA) is 66.5 Å². The molecule has 1 saturated carbocycles. The summed E-state index contributed by atoms with van der Waals surface area (Å²) < 4.78 is 27.8. The lowest BCUT2D eigenvalue weighted by Crippen LogP contribution is -2.33. The first kappa shape index (κ1) is 17.8. The average Bonchev–Trinajstić information content (AvgIpc) is 3.36. The molecule has 0 spiro atoms.